The van der Waals surface area contributed by atoms with E-state index in [4.69, 9.17) is 16.2 Å². The molecule has 0 spiro atoms. The summed E-state index contributed by atoms with van der Waals surface area (Å²) in [5.74, 6) is 0. The number of halogens is 1. The molecule has 8 heteroatoms. The molecule has 1 heterocycles. The SMILES string of the molecule is O=S(=O)(O)c1nc2ccccc2nc1Cl.[LiH]. The summed E-state index contributed by atoms with van der Waals surface area (Å²) in [5.41, 5.74) is 0.824. The predicted molar refractivity (Wildman–Crippen MR) is 61.5 cm³/mol. The van der Waals surface area contributed by atoms with Crippen LogP contribution in [0.5, 0.6) is 0 Å². The van der Waals surface area contributed by atoms with Crippen LogP contribution in [0.2, 0.25) is 5.15 Å². The molecule has 0 bridgehead atoms. The molecule has 0 saturated heterocycles. The Balaban J connectivity index is 0.00000128. The number of hydrogen-bond acceptors (Lipinski definition) is 4. The van der Waals surface area contributed by atoms with Gasteiger partial charge in [0.2, 0.25) is 5.03 Å². The van der Waals surface area contributed by atoms with E-state index in [0.29, 0.717) is 11.0 Å². The van der Waals surface area contributed by atoms with Gasteiger partial charge < -0.3 is 0 Å². The van der Waals surface area contributed by atoms with E-state index in [1.165, 1.54) is 0 Å². The fourth-order valence-electron chi connectivity index (χ4n) is 1.13. The maximum atomic E-state index is 10.9. The fraction of sp³-hybridized carbons (Fsp3) is 0. The Kier molecular flexibility index (Phi) is 3.94. The first-order valence-corrected chi connectivity index (χ1v) is 5.70. The van der Waals surface area contributed by atoms with Crippen molar-refractivity contribution in [1.29, 1.82) is 0 Å². The Morgan fingerprint density at radius 1 is 1.12 bits per heavy atom. The number of rotatable bonds is 1. The predicted octanol–water partition coefficient (Wildman–Crippen LogP) is 0.881. The molecule has 5 nitrogen and oxygen atoms in total. The van der Waals surface area contributed by atoms with Crippen LogP contribution in [-0.4, -0.2) is 41.8 Å². The van der Waals surface area contributed by atoms with Crippen molar-refractivity contribution in [3.05, 3.63) is 29.4 Å². The van der Waals surface area contributed by atoms with Crippen LogP contribution >= 0.6 is 11.6 Å². The third-order valence-electron chi connectivity index (χ3n) is 1.74. The second-order valence-corrected chi connectivity index (χ2v) is 4.48. The number of nitrogens with zero attached hydrogens (tertiary/aromatic N) is 2. The molecule has 0 radical (unpaired) electrons. The van der Waals surface area contributed by atoms with Gasteiger partial charge in [-0.3, -0.25) is 4.55 Å². The first-order valence-electron chi connectivity index (χ1n) is 3.88. The van der Waals surface area contributed by atoms with E-state index >= 15 is 0 Å². The minimum atomic E-state index is -4.43. The van der Waals surface area contributed by atoms with E-state index in [-0.39, 0.29) is 24.0 Å². The van der Waals surface area contributed by atoms with Crippen molar-refractivity contribution in [2.45, 2.75) is 5.03 Å². The molecule has 80 valence electrons. The zero-order valence-corrected chi connectivity index (χ0v) is 8.83. The molecule has 16 heavy (non-hydrogen) atoms. The van der Waals surface area contributed by atoms with Gasteiger partial charge in [0.15, 0.2) is 5.15 Å². The molecule has 0 aliphatic carbocycles. The topological polar surface area (TPSA) is 80.2 Å². The summed E-state index contributed by atoms with van der Waals surface area (Å²) in [7, 11) is -4.43. The van der Waals surface area contributed by atoms with Crippen LogP contribution in [0.1, 0.15) is 0 Å². The standard InChI is InChI=1S/C8H5ClN2O3S.Li.H/c9-7-8(15(12,13)14)11-6-4-2-1-3-5(6)10-7;;/h1-4H,(H,12,13,14);;. The van der Waals surface area contributed by atoms with E-state index < -0.39 is 15.1 Å². The molecule has 1 aromatic carbocycles. The zero-order chi connectivity index (χ0) is 11.1. The van der Waals surface area contributed by atoms with Gasteiger partial charge in [0.25, 0.3) is 0 Å². The molecule has 0 atom stereocenters. The van der Waals surface area contributed by atoms with E-state index in [1.54, 1.807) is 24.3 Å². The van der Waals surface area contributed by atoms with Crippen LogP contribution in [-0.2, 0) is 10.1 Å². The third-order valence-corrected chi connectivity index (χ3v) is 2.89. The van der Waals surface area contributed by atoms with Gasteiger partial charge >= 0.3 is 29.0 Å². The van der Waals surface area contributed by atoms with Crippen molar-refractivity contribution in [3.63, 3.8) is 0 Å². The van der Waals surface area contributed by atoms with Crippen LogP contribution in [0.4, 0.5) is 0 Å². The van der Waals surface area contributed by atoms with Crippen molar-refractivity contribution in [2.75, 3.05) is 0 Å². The van der Waals surface area contributed by atoms with Crippen molar-refractivity contribution < 1.29 is 13.0 Å². The van der Waals surface area contributed by atoms with E-state index in [2.05, 4.69) is 9.97 Å². The maximum absolute atomic E-state index is 10.9. The van der Waals surface area contributed by atoms with Gasteiger partial charge in [-0.15, -0.1) is 0 Å². The van der Waals surface area contributed by atoms with E-state index in [9.17, 15) is 8.42 Å². The Morgan fingerprint density at radius 3 is 2.12 bits per heavy atom. The summed E-state index contributed by atoms with van der Waals surface area (Å²) < 4.78 is 30.5. The van der Waals surface area contributed by atoms with Gasteiger partial charge in [-0.2, -0.15) is 8.42 Å². The van der Waals surface area contributed by atoms with Crippen LogP contribution in [0.3, 0.4) is 0 Å². The van der Waals surface area contributed by atoms with Crippen molar-refractivity contribution in [2.24, 2.45) is 0 Å². The molecule has 0 aliphatic heterocycles. The van der Waals surface area contributed by atoms with Gasteiger partial charge in [0, 0.05) is 0 Å². The molecule has 2 rings (SSSR count). The van der Waals surface area contributed by atoms with E-state index in [1.807, 2.05) is 0 Å². The quantitative estimate of drug-likeness (QED) is 0.602. The van der Waals surface area contributed by atoms with Crippen molar-refractivity contribution >= 4 is 51.6 Å². The normalized spacial score (nSPS) is 11.1. The van der Waals surface area contributed by atoms with Crippen LogP contribution < -0.4 is 0 Å². The van der Waals surface area contributed by atoms with Gasteiger partial charge in [0.05, 0.1) is 11.0 Å². The molecule has 0 amide bonds. The number of aromatic nitrogens is 2. The fourth-order valence-corrected chi connectivity index (χ4v) is 2.02. The average molecular weight is 253 g/mol. The summed E-state index contributed by atoms with van der Waals surface area (Å²) in [6, 6.07) is 6.62. The summed E-state index contributed by atoms with van der Waals surface area (Å²) in [6.07, 6.45) is 0. The first-order chi connectivity index (χ1) is 6.98. The first kappa shape index (κ1) is 13.4. The molecule has 1 N–H and O–H groups in total. The molecule has 0 unspecified atom stereocenters. The van der Waals surface area contributed by atoms with Crippen molar-refractivity contribution in [1.82, 2.24) is 9.97 Å². The average Bonchev–Trinajstić information content (AvgIpc) is 2.15. The van der Waals surface area contributed by atoms with Gasteiger partial charge in [-0.1, -0.05) is 23.7 Å². The summed E-state index contributed by atoms with van der Waals surface area (Å²) >= 11 is 5.58. The number of fused-ring (bicyclic) bond motifs is 1. The van der Waals surface area contributed by atoms with Crippen LogP contribution in [0, 0.1) is 0 Å². The monoisotopic (exact) mass is 252 g/mol. The number of para-hydroxylation sites is 2. The Morgan fingerprint density at radius 2 is 1.62 bits per heavy atom. The molecular formula is C8H6ClLiN2O3S. The second-order valence-electron chi connectivity index (χ2n) is 2.78. The Labute approximate surface area is 109 Å². The minimum absolute atomic E-state index is 0. The molecule has 1 aromatic heterocycles. The molecule has 0 fully saturated rings. The third kappa shape index (κ3) is 2.54. The van der Waals surface area contributed by atoms with E-state index in [0.717, 1.165) is 0 Å². The summed E-state index contributed by atoms with van der Waals surface area (Å²) in [5, 5.41) is -0.959. The molecule has 0 saturated carbocycles. The number of benzene rings is 1. The summed E-state index contributed by atoms with van der Waals surface area (Å²) in [6.45, 7) is 0. The summed E-state index contributed by atoms with van der Waals surface area (Å²) in [4.78, 5) is 7.52. The van der Waals surface area contributed by atoms with Gasteiger partial charge in [0.1, 0.15) is 0 Å². The molecular weight excluding hydrogens is 247 g/mol. The van der Waals surface area contributed by atoms with Gasteiger partial charge in [-0.25, -0.2) is 9.97 Å². The van der Waals surface area contributed by atoms with Crippen LogP contribution in [0.25, 0.3) is 11.0 Å². The molecule has 0 aliphatic rings. The molecule has 2 aromatic rings. The van der Waals surface area contributed by atoms with Crippen LogP contribution in [0.15, 0.2) is 29.3 Å². The van der Waals surface area contributed by atoms with Gasteiger partial charge in [-0.05, 0) is 12.1 Å². The Hall–Kier alpha value is -0.643. The zero-order valence-electron chi connectivity index (χ0n) is 7.25. The Bertz CT molecular complexity index is 632. The second kappa shape index (κ2) is 4.70. The van der Waals surface area contributed by atoms with Crippen molar-refractivity contribution in [3.8, 4) is 0 Å². The number of hydrogen-bond donors (Lipinski definition) is 1.